The second-order valence-electron chi connectivity index (χ2n) is 8.98. The molecule has 4 aromatic rings. The first kappa shape index (κ1) is 23.0. The van der Waals surface area contributed by atoms with Crippen molar-refractivity contribution in [1.29, 1.82) is 0 Å². The van der Waals surface area contributed by atoms with Crippen LogP contribution in [0.3, 0.4) is 0 Å². The Bertz CT molecular complexity index is 1310. The van der Waals surface area contributed by atoms with Gasteiger partial charge in [-0.25, -0.2) is 4.39 Å². The highest BCUT2D eigenvalue weighted by Crippen LogP contribution is 2.46. The summed E-state index contributed by atoms with van der Waals surface area (Å²) < 4.78 is 21.7. The van der Waals surface area contributed by atoms with Gasteiger partial charge in [-0.3, -0.25) is 0 Å². The third-order valence-corrected chi connectivity index (χ3v) is 6.02. The first-order valence-corrected chi connectivity index (χ1v) is 10.7. The van der Waals surface area contributed by atoms with Gasteiger partial charge >= 0.3 is 0 Å². The number of hydrogen-bond acceptors (Lipinski definition) is 4. The van der Waals surface area contributed by atoms with Gasteiger partial charge in [0.15, 0.2) is 6.29 Å². The number of benzene rings is 3. The van der Waals surface area contributed by atoms with Gasteiger partial charge in [0.2, 0.25) is 0 Å². The van der Waals surface area contributed by atoms with Crippen LogP contribution in [0.1, 0.15) is 37.0 Å². The van der Waals surface area contributed by atoms with Crippen molar-refractivity contribution in [2.45, 2.75) is 32.5 Å². The number of fused-ring (bicyclic) bond motifs is 1. The average molecular weight is 450 g/mol. The molecule has 0 fully saturated rings. The largest absolute Gasteiger partial charge is 0.507 e. The van der Waals surface area contributed by atoms with Crippen molar-refractivity contribution in [3.8, 4) is 22.6 Å². The molecule has 4 rings (SSSR count). The van der Waals surface area contributed by atoms with E-state index in [0.717, 1.165) is 28.0 Å². The predicted octanol–water partition coefficient (Wildman–Crippen LogP) is 5.36. The summed E-state index contributed by atoms with van der Waals surface area (Å²) >= 11 is 0. The fraction of sp³-hybridized carbons (Fsp3) is 0.259. The smallest absolute Gasteiger partial charge is 0.178 e. The SMILES string of the molecule is COCC(C)(C)c1c(-c2ccc(C(O)O)cc2)c2c(O)cccc2n1-c1ccc(F)c(C)c1. The van der Waals surface area contributed by atoms with Crippen LogP contribution in [0.15, 0.2) is 60.7 Å². The quantitative estimate of drug-likeness (QED) is 0.347. The molecule has 0 spiro atoms. The number of phenolic OH excluding ortho intramolecular Hbond substituents is 1. The van der Waals surface area contributed by atoms with Crippen molar-refractivity contribution >= 4 is 10.9 Å². The lowest BCUT2D eigenvalue weighted by Crippen LogP contribution is -2.27. The highest BCUT2D eigenvalue weighted by Gasteiger charge is 2.33. The molecule has 6 heteroatoms. The molecule has 0 aliphatic rings. The average Bonchev–Trinajstić information content (AvgIpc) is 3.13. The molecule has 0 saturated carbocycles. The fourth-order valence-corrected chi connectivity index (χ4v) is 4.53. The maximum atomic E-state index is 14.1. The van der Waals surface area contributed by atoms with Crippen LogP contribution in [0, 0.1) is 12.7 Å². The van der Waals surface area contributed by atoms with Crippen LogP contribution in [0.5, 0.6) is 5.75 Å². The molecule has 0 radical (unpaired) electrons. The van der Waals surface area contributed by atoms with E-state index in [4.69, 9.17) is 4.74 Å². The van der Waals surface area contributed by atoms with Crippen molar-refractivity contribution < 1.29 is 24.4 Å². The molecule has 172 valence electrons. The first-order chi connectivity index (χ1) is 15.7. The van der Waals surface area contributed by atoms with Crippen molar-refractivity contribution in [1.82, 2.24) is 4.57 Å². The molecule has 33 heavy (non-hydrogen) atoms. The number of aliphatic hydroxyl groups is 2. The highest BCUT2D eigenvalue weighted by atomic mass is 19.1. The standard InChI is InChI=1S/C27H28FNO4/c1-16-14-19(12-13-20(16)28)29-21-6-5-7-22(30)24(21)23(25(29)27(2,3)15-33-4)17-8-10-18(11-9-17)26(31)32/h5-14,26,30-32H,15H2,1-4H3. The monoisotopic (exact) mass is 449 g/mol. The number of aryl methyl sites for hydroxylation is 1. The Balaban J connectivity index is 2.15. The summed E-state index contributed by atoms with van der Waals surface area (Å²) in [4.78, 5) is 0. The van der Waals surface area contributed by atoms with E-state index in [0.29, 0.717) is 23.1 Å². The van der Waals surface area contributed by atoms with Gasteiger partial charge in [0.1, 0.15) is 11.6 Å². The molecule has 0 aliphatic heterocycles. The zero-order chi connectivity index (χ0) is 23.9. The van der Waals surface area contributed by atoms with Crippen LogP contribution >= 0.6 is 0 Å². The number of aliphatic hydroxyl groups excluding tert-OH is 1. The minimum absolute atomic E-state index is 0.126. The maximum absolute atomic E-state index is 14.1. The van der Waals surface area contributed by atoms with E-state index in [9.17, 15) is 19.7 Å². The Labute approximate surface area is 192 Å². The molecule has 0 unspecified atom stereocenters. The number of ether oxygens (including phenoxy) is 1. The number of rotatable bonds is 6. The lowest BCUT2D eigenvalue weighted by Gasteiger charge is -2.28. The second-order valence-corrected chi connectivity index (χ2v) is 8.98. The van der Waals surface area contributed by atoms with E-state index in [2.05, 4.69) is 13.8 Å². The van der Waals surface area contributed by atoms with Crippen molar-refractivity contribution in [2.24, 2.45) is 0 Å². The minimum atomic E-state index is -1.57. The summed E-state index contributed by atoms with van der Waals surface area (Å²) in [7, 11) is 1.64. The lowest BCUT2D eigenvalue weighted by molar-refractivity contribution is -0.0424. The molecule has 0 atom stereocenters. The number of phenols is 1. The normalized spacial score (nSPS) is 12.1. The highest BCUT2D eigenvalue weighted by molar-refractivity contribution is 6.03. The van der Waals surface area contributed by atoms with Gasteiger partial charge in [0, 0.05) is 40.4 Å². The van der Waals surface area contributed by atoms with Gasteiger partial charge in [0.05, 0.1) is 12.1 Å². The molecule has 5 nitrogen and oxygen atoms in total. The summed E-state index contributed by atoms with van der Waals surface area (Å²) in [6.07, 6.45) is -1.57. The molecule has 3 aromatic carbocycles. The van der Waals surface area contributed by atoms with Crippen LogP contribution in [-0.4, -0.2) is 33.6 Å². The number of methoxy groups -OCH3 is 1. The van der Waals surface area contributed by atoms with Crippen LogP contribution in [0.4, 0.5) is 4.39 Å². The fourth-order valence-electron chi connectivity index (χ4n) is 4.53. The Kier molecular flexibility index (Phi) is 6.01. The Morgan fingerprint density at radius 3 is 2.33 bits per heavy atom. The summed E-state index contributed by atoms with van der Waals surface area (Å²) in [5, 5.41) is 30.7. The third-order valence-electron chi connectivity index (χ3n) is 6.02. The molecule has 0 saturated heterocycles. The maximum Gasteiger partial charge on any atom is 0.178 e. The van der Waals surface area contributed by atoms with Gasteiger partial charge in [-0.2, -0.15) is 0 Å². The second kappa shape index (κ2) is 8.63. The molecule has 0 amide bonds. The minimum Gasteiger partial charge on any atom is -0.507 e. The number of aromatic hydroxyl groups is 1. The van der Waals surface area contributed by atoms with E-state index in [1.807, 2.05) is 22.8 Å². The molecule has 3 N–H and O–H groups in total. The predicted molar refractivity (Wildman–Crippen MR) is 127 cm³/mol. The third kappa shape index (κ3) is 4.02. The van der Waals surface area contributed by atoms with Gasteiger partial charge in [0.25, 0.3) is 0 Å². The van der Waals surface area contributed by atoms with E-state index in [1.54, 1.807) is 50.4 Å². The molecule has 1 heterocycles. The van der Waals surface area contributed by atoms with Crippen molar-refractivity contribution in [3.63, 3.8) is 0 Å². The number of halogens is 1. The Morgan fingerprint density at radius 2 is 1.73 bits per heavy atom. The Hall–Kier alpha value is -3.19. The number of aromatic nitrogens is 1. The van der Waals surface area contributed by atoms with Gasteiger partial charge in [-0.05, 0) is 48.4 Å². The lowest BCUT2D eigenvalue weighted by atomic mass is 9.84. The van der Waals surface area contributed by atoms with Gasteiger partial charge < -0.3 is 24.6 Å². The van der Waals surface area contributed by atoms with E-state index in [1.165, 1.54) is 6.07 Å². The summed E-state index contributed by atoms with van der Waals surface area (Å²) in [6.45, 7) is 6.25. The van der Waals surface area contributed by atoms with Crippen molar-refractivity contribution in [2.75, 3.05) is 13.7 Å². The molecule has 0 aliphatic carbocycles. The molecular weight excluding hydrogens is 421 g/mol. The topological polar surface area (TPSA) is 74.8 Å². The zero-order valence-corrected chi connectivity index (χ0v) is 19.1. The van der Waals surface area contributed by atoms with E-state index >= 15 is 0 Å². The zero-order valence-electron chi connectivity index (χ0n) is 19.1. The number of nitrogens with zero attached hydrogens (tertiary/aromatic N) is 1. The number of hydrogen-bond donors (Lipinski definition) is 3. The Morgan fingerprint density at radius 1 is 1.03 bits per heavy atom. The van der Waals surface area contributed by atoms with Crippen LogP contribution in [0.25, 0.3) is 27.7 Å². The van der Waals surface area contributed by atoms with E-state index in [-0.39, 0.29) is 11.6 Å². The summed E-state index contributed by atoms with van der Waals surface area (Å²) in [5.74, 6) is -0.157. The van der Waals surface area contributed by atoms with E-state index < -0.39 is 11.7 Å². The summed E-state index contributed by atoms with van der Waals surface area (Å²) in [5.41, 5.74) is 4.47. The van der Waals surface area contributed by atoms with Gasteiger partial charge in [-0.15, -0.1) is 0 Å². The van der Waals surface area contributed by atoms with Gasteiger partial charge in [-0.1, -0.05) is 44.2 Å². The molecule has 0 bridgehead atoms. The molecule has 1 aromatic heterocycles. The summed E-state index contributed by atoms with van der Waals surface area (Å²) in [6, 6.07) is 17.2. The van der Waals surface area contributed by atoms with Crippen molar-refractivity contribution in [3.05, 3.63) is 83.3 Å². The van der Waals surface area contributed by atoms with Crippen LogP contribution < -0.4 is 0 Å². The first-order valence-electron chi connectivity index (χ1n) is 10.7. The van der Waals surface area contributed by atoms with Crippen LogP contribution in [-0.2, 0) is 10.2 Å². The van der Waals surface area contributed by atoms with Crippen LogP contribution in [0.2, 0.25) is 0 Å². The molecular formula is C27H28FNO4.